The highest BCUT2D eigenvalue weighted by molar-refractivity contribution is 7.93. The van der Waals surface area contributed by atoms with Crippen LogP contribution in [0.2, 0.25) is 0 Å². The predicted molar refractivity (Wildman–Crippen MR) is 233 cm³/mol. The van der Waals surface area contributed by atoms with Crippen LogP contribution in [0, 0.1) is 0 Å². The van der Waals surface area contributed by atoms with Gasteiger partial charge in [0.15, 0.2) is 10.6 Å². The number of phenols is 2. The molecule has 8 rings (SSSR count). The van der Waals surface area contributed by atoms with E-state index < -0.39 is 41.7 Å². The van der Waals surface area contributed by atoms with E-state index in [1.54, 1.807) is 29.1 Å². The van der Waals surface area contributed by atoms with Gasteiger partial charge in [-0.15, -0.1) is 10.2 Å². The maximum atomic E-state index is 14.1. The summed E-state index contributed by atoms with van der Waals surface area (Å²) < 4.78 is 67.1. The molecule has 8 aromatic rings. The zero-order valence-corrected chi connectivity index (χ0v) is 34.7. The van der Waals surface area contributed by atoms with Gasteiger partial charge in [-0.3, -0.25) is 19.0 Å². The summed E-state index contributed by atoms with van der Waals surface area (Å²) in [6.07, 6.45) is 1.59. The van der Waals surface area contributed by atoms with Gasteiger partial charge in [-0.05, 0) is 60.1 Å². The van der Waals surface area contributed by atoms with E-state index >= 15 is 0 Å². The molecule has 17 nitrogen and oxygen atoms in total. The van der Waals surface area contributed by atoms with Gasteiger partial charge in [0.25, 0.3) is 26.0 Å². The maximum Gasteiger partial charge on any atom is 0.261 e. The first kappa shape index (κ1) is 40.4. The third-order valence-corrected chi connectivity index (χ3v) is 12.9. The van der Waals surface area contributed by atoms with Crippen LogP contribution in [0.15, 0.2) is 135 Å². The number of amides is 2. The number of azo groups is 1. The van der Waals surface area contributed by atoms with Crippen LogP contribution in [0.25, 0.3) is 38.3 Å². The summed E-state index contributed by atoms with van der Waals surface area (Å²) in [7, 11) is -6.11. The highest BCUT2D eigenvalue weighted by Crippen LogP contribution is 2.45. The summed E-state index contributed by atoms with van der Waals surface area (Å²) in [5.74, 6) is -1.76. The molecule has 308 valence electrons. The monoisotopic (exact) mass is 875 g/mol. The van der Waals surface area contributed by atoms with E-state index in [0.717, 1.165) is 23.3 Å². The average molecular weight is 876 g/mol. The van der Waals surface area contributed by atoms with Crippen molar-refractivity contribution in [3.8, 4) is 17.2 Å². The van der Waals surface area contributed by atoms with Gasteiger partial charge in [0.05, 0.1) is 55.4 Å². The molecule has 0 saturated heterocycles. The Kier molecular flexibility index (Phi) is 10.3. The maximum absolute atomic E-state index is 14.1. The van der Waals surface area contributed by atoms with Crippen molar-refractivity contribution in [1.29, 1.82) is 0 Å². The number of anilines is 3. The van der Waals surface area contributed by atoms with Gasteiger partial charge in [-0.2, -0.15) is 9.47 Å². The number of nitrogens with one attached hydrogen (secondary N) is 3. The summed E-state index contributed by atoms with van der Waals surface area (Å²) >= 11 is 1.06. The van der Waals surface area contributed by atoms with E-state index in [2.05, 4.69) is 34.5 Å². The van der Waals surface area contributed by atoms with Crippen LogP contribution < -0.4 is 14.8 Å². The molecule has 0 bridgehead atoms. The summed E-state index contributed by atoms with van der Waals surface area (Å²) in [4.78, 5) is 25.4. The summed E-state index contributed by atoms with van der Waals surface area (Å²) in [5, 5.41) is 39.8. The largest absolute Gasteiger partial charge is 0.506 e. The number of rotatable bonds is 11. The van der Waals surface area contributed by atoms with Gasteiger partial charge in [0.2, 0.25) is 5.91 Å². The molecule has 2 aromatic heterocycles. The average Bonchev–Trinajstić information content (AvgIpc) is 3.85. The van der Waals surface area contributed by atoms with Crippen molar-refractivity contribution in [2.45, 2.75) is 16.7 Å². The number of fused-ring (bicyclic) bond motifs is 3. The van der Waals surface area contributed by atoms with Crippen molar-refractivity contribution < 1.29 is 36.6 Å². The Balaban J connectivity index is 1.16. The lowest BCUT2D eigenvalue weighted by atomic mass is 10.0. The van der Waals surface area contributed by atoms with E-state index in [4.69, 9.17) is 0 Å². The number of benzene rings is 6. The number of aromatic hydroxyl groups is 2. The van der Waals surface area contributed by atoms with Gasteiger partial charge in [-0.25, -0.2) is 21.5 Å². The molecule has 0 aliphatic carbocycles. The molecule has 0 aliphatic heterocycles. The molecule has 2 heterocycles. The normalized spacial score (nSPS) is 12.0. The number of aromatic nitrogens is 3. The molecular weight excluding hydrogens is 843 g/mol. The number of nitrogens with zero attached hydrogens (tertiary/aromatic N) is 6. The second-order valence-electron chi connectivity index (χ2n) is 13.8. The third kappa shape index (κ3) is 7.65. The zero-order chi connectivity index (χ0) is 43.2. The number of phenolic OH excluding ortho intramolecular Hbond substituents is 2. The molecule has 0 spiro atoms. The zero-order valence-electron chi connectivity index (χ0n) is 32.2. The fourth-order valence-corrected chi connectivity index (χ4v) is 9.58. The number of hydrogen-bond donors (Lipinski definition) is 5. The number of sulfonamides is 2. The first-order valence-electron chi connectivity index (χ1n) is 18.1. The Morgan fingerprint density at radius 2 is 1.34 bits per heavy atom. The lowest BCUT2D eigenvalue weighted by molar-refractivity contribution is -0.114. The lowest BCUT2D eigenvalue weighted by Crippen LogP contribution is -2.22. The fourth-order valence-electron chi connectivity index (χ4n) is 6.61. The van der Waals surface area contributed by atoms with Gasteiger partial charge >= 0.3 is 0 Å². The van der Waals surface area contributed by atoms with Crippen LogP contribution in [-0.2, 0) is 24.8 Å². The SMILES string of the molecule is CC(=O)Nc1cc(N=Nc2snc3c2cnn3-c2ccccc2)c2c(NS(=O)(=O)c3cccc(S(=O)(=O)Nc4cc(C(=O)N(C)C)c(O)c5ccccc45)c3)cccc2c1O. The third-order valence-electron chi connectivity index (χ3n) is 9.43. The quantitative estimate of drug-likeness (QED) is 0.0479. The number of carbonyl (C=O) groups excluding carboxylic acids is 2. The highest BCUT2D eigenvalue weighted by atomic mass is 32.2. The van der Waals surface area contributed by atoms with Crippen molar-refractivity contribution in [2.75, 3.05) is 28.9 Å². The van der Waals surface area contributed by atoms with E-state index in [1.807, 2.05) is 30.3 Å². The molecule has 0 unspecified atom stereocenters. The molecule has 2 amide bonds. The highest BCUT2D eigenvalue weighted by Gasteiger charge is 2.25. The van der Waals surface area contributed by atoms with Crippen molar-refractivity contribution in [3.05, 3.63) is 121 Å². The molecule has 0 radical (unpaired) electrons. The summed E-state index contributed by atoms with van der Waals surface area (Å²) in [6.45, 7) is 1.26. The Hall–Kier alpha value is -7.42. The van der Waals surface area contributed by atoms with E-state index in [9.17, 15) is 36.6 Å². The Morgan fingerprint density at radius 3 is 2.03 bits per heavy atom. The first-order valence-corrected chi connectivity index (χ1v) is 21.9. The molecular formula is C41H33N9O8S3. The first-order chi connectivity index (χ1) is 29.1. The summed E-state index contributed by atoms with van der Waals surface area (Å²) in [6, 6.07) is 27.3. The van der Waals surface area contributed by atoms with E-state index in [-0.39, 0.29) is 56.0 Å². The van der Waals surface area contributed by atoms with Crippen LogP contribution in [-0.4, -0.2) is 72.0 Å². The van der Waals surface area contributed by atoms with Crippen LogP contribution in [0.1, 0.15) is 17.3 Å². The molecule has 0 saturated carbocycles. The van der Waals surface area contributed by atoms with Gasteiger partial charge in [0, 0.05) is 42.6 Å². The number of hydrogen-bond acceptors (Lipinski definition) is 13. The second-order valence-corrected chi connectivity index (χ2v) is 17.9. The molecule has 0 atom stereocenters. The molecule has 0 fully saturated rings. The van der Waals surface area contributed by atoms with Crippen LogP contribution >= 0.6 is 11.5 Å². The van der Waals surface area contributed by atoms with Crippen molar-refractivity contribution in [3.63, 3.8) is 0 Å². The molecule has 61 heavy (non-hydrogen) atoms. The van der Waals surface area contributed by atoms with Crippen LogP contribution in [0.3, 0.4) is 0 Å². The number of para-hydroxylation sites is 1. The Bertz CT molecular complexity index is 3330. The molecule has 5 N–H and O–H groups in total. The lowest BCUT2D eigenvalue weighted by Gasteiger charge is -2.17. The standard InChI is InChI=1S/C41H33N9O8S3/c1-23(51)43-35-21-34(44-45-40-31-22-42-50(39(31)46-59-40)24-11-5-4-6-12-24)36-29(38(35)53)17-10-18-32(36)47-60(55,56)25-13-9-14-26(19-25)61(57,58)48-33-20-30(41(54)49(2)3)37(52)28-16-8-7-15-27(28)33/h4-22,47-48,52-53H,1-3H3,(H,43,51). The molecule has 20 heteroatoms. The van der Waals surface area contributed by atoms with Crippen molar-refractivity contribution in [1.82, 2.24) is 19.1 Å². The van der Waals surface area contributed by atoms with Gasteiger partial charge in [0.1, 0.15) is 11.5 Å². The van der Waals surface area contributed by atoms with E-state index in [1.165, 1.54) is 80.5 Å². The fraction of sp³-hybridized carbons (Fsp3) is 0.0732. The van der Waals surface area contributed by atoms with Crippen LogP contribution in [0.5, 0.6) is 11.5 Å². The van der Waals surface area contributed by atoms with Crippen molar-refractivity contribution >= 4 is 104 Å². The van der Waals surface area contributed by atoms with E-state index in [0.29, 0.717) is 21.4 Å². The smallest absolute Gasteiger partial charge is 0.261 e. The Morgan fingerprint density at radius 1 is 0.705 bits per heavy atom. The van der Waals surface area contributed by atoms with Crippen molar-refractivity contribution in [2.24, 2.45) is 10.2 Å². The molecule has 0 aliphatic rings. The summed E-state index contributed by atoms with van der Waals surface area (Å²) in [5.41, 5.74) is 1.14. The minimum Gasteiger partial charge on any atom is -0.506 e. The van der Waals surface area contributed by atoms with Gasteiger partial charge in [-0.1, -0.05) is 60.7 Å². The minimum atomic E-state index is -4.57. The van der Waals surface area contributed by atoms with Gasteiger partial charge < -0.3 is 20.4 Å². The molecule has 6 aromatic carbocycles. The number of carbonyl (C=O) groups is 2. The second kappa shape index (κ2) is 15.6. The van der Waals surface area contributed by atoms with Crippen LogP contribution in [0.4, 0.5) is 27.8 Å². The minimum absolute atomic E-state index is 0.00896. The predicted octanol–water partition coefficient (Wildman–Crippen LogP) is 7.88. The Labute approximate surface area is 351 Å². The topological polar surface area (TPSA) is 238 Å².